The number of aryl methyl sites for hydroxylation is 1. The minimum absolute atomic E-state index is 0.0949. The summed E-state index contributed by atoms with van der Waals surface area (Å²) < 4.78 is 0. The number of likely N-dealkylation sites (tertiary alicyclic amines) is 1. The van der Waals surface area contributed by atoms with Crippen LogP contribution in [-0.2, 0) is 10.3 Å². The zero-order valence-corrected chi connectivity index (χ0v) is 9.37. The van der Waals surface area contributed by atoms with Gasteiger partial charge in [0.25, 0.3) is 0 Å². The Labute approximate surface area is 88.9 Å². The van der Waals surface area contributed by atoms with E-state index in [1.807, 2.05) is 18.7 Å². The largest absolute Gasteiger partial charge is 0.330 e. The fraction of sp³-hybridized carbons (Fsp3) is 0.700. The minimum Gasteiger partial charge on any atom is -0.330 e. The van der Waals surface area contributed by atoms with Crippen molar-refractivity contribution < 1.29 is 4.79 Å². The van der Waals surface area contributed by atoms with Crippen molar-refractivity contribution >= 4 is 5.91 Å². The number of rotatable bonds is 1. The van der Waals surface area contributed by atoms with E-state index < -0.39 is 0 Å². The van der Waals surface area contributed by atoms with E-state index in [1.54, 1.807) is 6.92 Å². The highest BCUT2D eigenvalue weighted by Crippen LogP contribution is 2.36. The molecule has 1 aromatic heterocycles. The maximum atomic E-state index is 11.5. The number of H-pyrrole nitrogens is 1. The molecule has 1 fully saturated rings. The highest BCUT2D eigenvalue weighted by atomic mass is 16.2. The third kappa shape index (κ3) is 1.52. The van der Waals surface area contributed by atoms with E-state index in [0.717, 1.165) is 31.0 Å². The zero-order chi connectivity index (χ0) is 11.1. The van der Waals surface area contributed by atoms with Crippen LogP contribution in [0, 0.1) is 6.92 Å². The van der Waals surface area contributed by atoms with Gasteiger partial charge >= 0.3 is 0 Å². The Bertz CT molecular complexity index is 387. The molecular formula is C10H16N4O. The van der Waals surface area contributed by atoms with Crippen molar-refractivity contribution in [3.8, 4) is 0 Å². The van der Waals surface area contributed by atoms with Gasteiger partial charge in [0.1, 0.15) is 11.4 Å². The Hall–Kier alpha value is -1.39. The second kappa shape index (κ2) is 3.32. The molecular weight excluding hydrogens is 192 g/mol. The minimum atomic E-state index is -0.323. The lowest BCUT2D eigenvalue weighted by Gasteiger charge is -2.31. The van der Waals surface area contributed by atoms with Gasteiger partial charge in [-0.1, -0.05) is 0 Å². The summed E-state index contributed by atoms with van der Waals surface area (Å²) in [4.78, 5) is 17.7. The normalized spacial score (nSPS) is 25.9. The summed E-state index contributed by atoms with van der Waals surface area (Å²) in [6, 6.07) is 0. The second-order valence-corrected chi connectivity index (χ2v) is 4.29. The second-order valence-electron chi connectivity index (χ2n) is 4.29. The molecule has 0 spiro atoms. The number of nitrogens with one attached hydrogen (secondary N) is 1. The van der Waals surface area contributed by atoms with E-state index in [9.17, 15) is 4.79 Å². The number of aromatic amines is 1. The van der Waals surface area contributed by atoms with Gasteiger partial charge in [-0.05, 0) is 26.7 Å². The number of carbonyl (C=O) groups is 1. The topological polar surface area (TPSA) is 61.9 Å². The predicted octanol–water partition coefficient (Wildman–Crippen LogP) is 0.971. The molecule has 1 atom stereocenters. The Kier molecular flexibility index (Phi) is 2.25. The summed E-state index contributed by atoms with van der Waals surface area (Å²) in [5.41, 5.74) is -0.323. The summed E-state index contributed by atoms with van der Waals surface area (Å²) >= 11 is 0. The summed E-state index contributed by atoms with van der Waals surface area (Å²) in [7, 11) is 0. The monoisotopic (exact) mass is 208 g/mol. The van der Waals surface area contributed by atoms with E-state index in [4.69, 9.17) is 0 Å². The van der Waals surface area contributed by atoms with E-state index in [-0.39, 0.29) is 11.4 Å². The maximum absolute atomic E-state index is 11.5. The van der Waals surface area contributed by atoms with Crippen LogP contribution in [0.3, 0.4) is 0 Å². The van der Waals surface area contributed by atoms with Gasteiger partial charge in [0.2, 0.25) is 5.91 Å². The Morgan fingerprint density at radius 1 is 1.60 bits per heavy atom. The fourth-order valence-corrected chi connectivity index (χ4v) is 2.28. The molecule has 2 rings (SSSR count). The molecule has 5 heteroatoms. The Morgan fingerprint density at radius 2 is 2.33 bits per heavy atom. The van der Waals surface area contributed by atoms with Crippen LogP contribution in [0.15, 0.2) is 0 Å². The molecule has 1 saturated heterocycles. The number of hydrogen-bond donors (Lipinski definition) is 1. The van der Waals surface area contributed by atoms with Gasteiger partial charge in [-0.3, -0.25) is 9.89 Å². The van der Waals surface area contributed by atoms with E-state index in [0.29, 0.717) is 0 Å². The summed E-state index contributed by atoms with van der Waals surface area (Å²) in [6.45, 7) is 6.30. The first-order valence-corrected chi connectivity index (χ1v) is 5.22. The van der Waals surface area contributed by atoms with Crippen LogP contribution in [0.2, 0.25) is 0 Å². The van der Waals surface area contributed by atoms with Crippen LogP contribution >= 0.6 is 0 Å². The lowest BCUT2D eigenvalue weighted by molar-refractivity contribution is -0.133. The average molecular weight is 208 g/mol. The van der Waals surface area contributed by atoms with Gasteiger partial charge in [-0.2, -0.15) is 5.10 Å². The summed E-state index contributed by atoms with van der Waals surface area (Å²) in [5, 5.41) is 7.00. The Balaban J connectivity index is 2.36. The van der Waals surface area contributed by atoms with E-state index in [1.165, 1.54) is 0 Å². The van der Waals surface area contributed by atoms with Crippen LogP contribution in [0.5, 0.6) is 0 Å². The lowest BCUT2D eigenvalue weighted by Crippen LogP contribution is -2.42. The average Bonchev–Trinajstić information content (AvgIpc) is 2.72. The molecule has 5 nitrogen and oxygen atoms in total. The quantitative estimate of drug-likeness (QED) is 0.748. The van der Waals surface area contributed by atoms with Gasteiger partial charge in [-0.15, -0.1) is 0 Å². The first-order chi connectivity index (χ1) is 7.04. The van der Waals surface area contributed by atoms with Crippen LogP contribution in [0.25, 0.3) is 0 Å². The zero-order valence-electron chi connectivity index (χ0n) is 9.37. The standard InChI is InChI=1S/C10H16N4O/c1-7-11-9(13-12-7)10(3)5-4-6-14(10)8(2)15/h4-6H2,1-3H3,(H,11,12,13)/t10-/m0/s1. The van der Waals surface area contributed by atoms with Gasteiger partial charge in [-0.25, -0.2) is 4.98 Å². The first-order valence-electron chi connectivity index (χ1n) is 5.22. The molecule has 0 bridgehead atoms. The SMILES string of the molecule is CC(=O)N1CCC[C@@]1(C)c1n[nH]c(C)n1. The van der Waals surface area contributed by atoms with Crippen molar-refractivity contribution in [2.24, 2.45) is 0 Å². The Morgan fingerprint density at radius 3 is 2.87 bits per heavy atom. The summed E-state index contributed by atoms with van der Waals surface area (Å²) in [6.07, 6.45) is 1.95. The third-order valence-corrected chi connectivity index (χ3v) is 3.10. The summed E-state index contributed by atoms with van der Waals surface area (Å²) in [5.74, 6) is 1.62. The molecule has 0 unspecified atom stereocenters. The van der Waals surface area contributed by atoms with Crippen molar-refractivity contribution in [2.75, 3.05) is 6.54 Å². The maximum Gasteiger partial charge on any atom is 0.220 e. The molecule has 0 radical (unpaired) electrons. The van der Waals surface area contributed by atoms with E-state index >= 15 is 0 Å². The first kappa shape index (κ1) is 10.1. The smallest absolute Gasteiger partial charge is 0.220 e. The van der Waals surface area contributed by atoms with Gasteiger partial charge in [0, 0.05) is 13.5 Å². The van der Waals surface area contributed by atoms with Gasteiger partial charge < -0.3 is 4.90 Å². The van der Waals surface area contributed by atoms with Crippen molar-refractivity contribution in [3.05, 3.63) is 11.6 Å². The molecule has 1 amide bonds. The van der Waals surface area contributed by atoms with Crippen molar-refractivity contribution in [2.45, 2.75) is 39.2 Å². The molecule has 82 valence electrons. The number of aromatic nitrogens is 3. The molecule has 1 N–H and O–H groups in total. The molecule has 0 saturated carbocycles. The van der Waals surface area contributed by atoms with Gasteiger partial charge in [0.15, 0.2) is 5.82 Å². The highest BCUT2D eigenvalue weighted by molar-refractivity contribution is 5.74. The third-order valence-electron chi connectivity index (χ3n) is 3.10. The number of nitrogens with zero attached hydrogens (tertiary/aromatic N) is 3. The van der Waals surface area contributed by atoms with Crippen molar-refractivity contribution in [1.82, 2.24) is 20.1 Å². The molecule has 1 aromatic rings. The van der Waals surface area contributed by atoms with E-state index in [2.05, 4.69) is 15.2 Å². The molecule has 0 aliphatic carbocycles. The number of amides is 1. The molecule has 0 aromatic carbocycles. The fourth-order valence-electron chi connectivity index (χ4n) is 2.28. The van der Waals surface area contributed by atoms with Crippen molar-refractivity contribution in [3.63, 3.8) is 0 Å². The molecule has 1 aliphatic rings. The van der Waals surface area contributed by atoms with Crippen LogP contribution in [0.1, 0.15) is 38.3 Å². The number of hydrogen-bond acceptors (Lipinski definition) is 3. The molecule has 2 heterocycles. The lowest BCUT2D eigenvalue weighted by atomic mass is 9.98. The van der Waals surface area contributed by atoms with Crippen LogP contribution in [0.4, 0.5) is 0 Å². The van der Waals surface area contributed by atoms with Crippen LogP contribution < -0.4 is 0 Å². The highest BCUT2D eigenvalue weighted by Gasteiger charge is 2.42. The van der Waals surface area contributed by atoms with Crippen LogP contribution in [-0.4, -0.2) is 32.5 Å². The molecule has 15 heavy (non-hydrogen) atoms. The number of carbonyl (C=O) groups excluding carboxylic acids is 1. The van der Waals surface area contributed by atoms with Gasteiger partial charge in [0.05, 0.1) is 0 Å². The predicted molar refractivity (Wildman–Crippen MR) is 55.1 cm³/mol. The molecule has 1 aliphatic heterocycles. The van der Waals surface area contributed by atoms with Crippen molar-refractivity contribution in [1.29, 1.82) is 0 Å².